The molecule has 1 aliphatic heterocycles. The van der Waals surface area contributed by atoms with E-state index in [2.05, 4.69) is 6.58 Å². The first-order valence-electron chi connectivity index (χ1n) is 5.75. The molecule has 1 heterocycles. The number of carbonyl (C=O) groups excluding carboxylic acids is 1. The molecule has 3 nitrogen and oxygen atoms in total. The van der Waals surface area contributed by atoms with E-state index in [1.807, 2.05) is 0 Å². The smallest absolute Gasteiger partial charge is 0.333 e. The monoisotopic (exact) mass is 274 g/mol. The number of carbonyl (C=O) groups is 1. The second-order valence-corrected chi connectivity index (χ2v) is 5.97. The Labute approximate surface area is 112 Å². The third kappa shape index (κ3) is 6.07. The number of unbranched alkanes of at least 4 members (excludes halogenated alkanes) is 2. The predicted octanol–water partition coefficient (Wildman–Crippen LogP) is 3.08. The Morgan fingerprint density at radius 3 is 2.94 bits per heavy atom. The van der Waals surface area contributed by atoms with Crippen LogP contribution in [-0.2, 0) is 14.3 Å². The summed E-state index contributed by atoms with van der Waals surface area (Å²) in [5, 5.41) is 0.514. The molecule has 0 N–H and O–H groups in total. The molecule has 1 unspecified atom stereocenters. The lowest BCUT2D eigenvalue weighted by molar-refractivity contribution is -0.139. The Hall–Kier alpha value is -0.550. The molecule has 0 aliphatic carbocycles. The van der Waals surface area contributed by atoms with E-state index in [4.69, 9.17) is 21.7 Å². The van der Waals surface area contributed by atoms with Crippen molar-refractivity contribution in [3.8, 4) is 0 Å². The molecule has 0 bridgehead atoms. The number of thioether (sulfide) groups is 1. The molecule has 17 heavy (non-hydrogen) atoms. The normalized spacial score (nSPS) is 18.9. The summed E-state index contributed by atoms with van der Waals surface area (Å²) in [5.41, 5.74) is 0.456. The SMILES string of the molecule is C=C(C)C(=O)OCCCCCC1COC(=S)S1. The van der Waals surface area contributed by atoms with Crippen LogP contribution in [0.3, 0.4) is 0 Å². The van der Waals surface area contributed by atoms with E-state index in [0.29, 0.717) is 21.8 Å². The Bertz CT molecular complexity index is 302. The summed E-state index contributed by atoms with van der Waals surface area (Å²) < 4.78 is 10.9. The maximum Gasteiger partial charge on any atom is 0.333 e. The quantitative estimate of drug-likeness (QED) is 0.308. The summed E-state index contributed by atoms with van der Waals surface area (Å²) >= 11 is 6.59. The van der Waals surface area contributed by atoms with Gasteiger partial charge in [-0.3, -0.25) is 0 Å². The van der Waals surface area contributed by atoms with Gasteiger partial charge in [-0.15, -0.1) is 0 Å². The average Bonchev–Trinajstić information content (AvgIpc) is 2.68. The van der Waals surface area contributed by atoms with Crippen molar-refractivity contribution in [3.05, 3.63) is 12.2 Å². The van der Waals surface area contributed by atoms with Crippen LogP contribution >= 0.6 is 24.0 Å². The Kier molecular flexibility index (Phi) is 6.58. The first-order chi connectivity index (χ1) is 8.09. The predicted molar refractivity (Wildman–Crippen MR) is 74.2 cm³/mol. The lowest BCUT2D eigenvalue weighted by atomic mass is 10.1. The lowest BCUT2D eigenvalue weighted by Gasteiger charge is -2.06. The molecule has 1 atom stereocenters. The number of rotatable bonds is 7. The minimum Gasteiger partial charge on any atom is -0.477 e. The Morgan fingerprint density at radius 2 is 2.35 bits per heavy atom. The second-order valence-electron chi connectivity index (χ2n) is 4.07. The topological polar surface area (TPSA) is 35.5 Å². The van der Waals surface area contributed by atoms with Crippen LogP contribution in [0.1, 0.15) is 32.6 Å². The second kappa shape index (κ2) is 7.71. The fourth-order valence-electron chi connectivity index (χ4n) is 1.45. The molecular formula is C12H18O3S2. The van der Waals surface area contributed by atoms with Crippen molar-refractivity contribution in [1.82, 2.24) is 0 Å². The van der Waals surface area contributed by atoms with Crippen molar-refractivity contribution in [1.29, 1.82) is 0 Å². The third-order valence-electron chi connectivity index (χ3n) is 2.40. The van der Waals surface area contributed by atoms with Gasteiger partial charge in [0.2, 0.25) is 4.38 Å². The molecule has 0 aromatic heterocycles. The van der Waals surface area contributed by atoms with Crippen LogP contribution in [0.5, 0.6) is 0 Å². The zero-order valence-corrected chi connectivity index (χ0v) is 11.7. The maximum absolute atomic E-state index is 11.1. The standard InChI is InChI=1S/C12H18O3S2/c1-9(2)11(13)14-7-5-3-4-6-10-8-15-12(16)17-10/h10H,1,3-8H2,2H3. The van der Waals surface area contributed by atoms with Crippen LogP contribution < -0.4 is 0 Å². The molecule has 0 amide bonds. The van der Waals surface area contributed by atoms with E-state index in [-0.39, 0.29) is 5.97 Å². The molecule has 0 aromatic rings. The molecule has 1 aliphatic rings. The number of esters is 1. The van der Waals surface area contributed by atoms with Crippen molar-refractivity contribution >= 4 is 34.3 Å². The highest BCUT2D eigenvalue weighted by Crippen LogP contribution is 2.26. The van der Waals surface area contributed by atoms with Gasteiger partial charge in [0.25, 0.3) is 0 Å². The largest absolute Gasteiger partial charge is 0.477 e. The Balaban J connectivity index is 1.93. The van der Waals surface area contributed by atoms with Crippen LogP contribution in [0.4, 0.5) is 0 Å². The van der Waals surface area contributed by atoms with Gasteiger partial charge in [0.15, 0.2) is 0 Å². The summed E-state index contributed by atoms with van der Waals surface area (Å²) in [6, 6.07) is 0. The number of hydrogen-bond acceptors (Lipinski definition) is 5. The average molecular weight is 274 g/mol. The minimum atomic E-state index is -0.296. The highest BCUT2D eigenvalue weighted by atomic mass is 32.2. The summed E-state index contributed by atoms with van der Waals surface area (Å²) in [4.78, 5) is 11.1. The van der Waals surface area contributed by atoms with Gasteiger partial charge in [-0.1, -0.05) is 31.2 Å². The number of hydrogen-bond donors (Lipinski definition) is 0. The van der Waals surface area contributed by atoms with Crippen LogP contribution in [0, 0.1) is 0 Å². The van der Waals surface area contributed by atoms with Gasteiger partial charge in [0, 0.05) is 10.8 Å². The zero-order valence-electron chi connectivity index (χ0n) is 10.1. The summed E-state index contributed by atoms with van der Waals surface area (Å²) in [6.07, 6.45) is 4.20. The van der Waals surface area contributed by atoms with Gasteiger partial charge in [-0.25, -0.2) is 4.79 Å². The number of ether oxygens (including phenoxy) is 2. The van der Waals surface area contributed by atoms with Crippen LogP contribution in [0.2, 0.25) is 0 Å². The molecule has 0 saturated carbocycles. The lowest BCUT2D eigenvalue weighted by Crippen LogP contribution is -2.06. The first kappa shape index (κ1) is 14.5. The summed E-state index contributed by atoms with van der Waals surface area (Å²) in [5.74, 6) is -0.296. The van der Waals surface area contributed by atoms with Gasteiger partial charge in [0.05, 0.1) is 6.61 Å². The van der Waals surface area contributed by atoms with E-state index >= 15 is 0 Å². The van der Waals surface area contributed by atoms with E-state index < -0.39 is 0 Å². The van der Waals surface area contributed by atoms with E-state index in [1.165, 1.54) is 0 Å². The molecule has 0 aromatic carbocycles. The van der Waals surface area contributed by atoms with Crippen molar-refractivity contribution in [3.63, 3.8) is 0 Å². The van der Waals surface area contributed by atoms with Crippen LogP contribution in [0.15, 0.2) is 12.2 Å². The summed E-state index contributed by atoms with van der Waals surface area (Å²) in [7, 11) is 0. The number of thiocarbonyl (C=S) groups is 1. The third-order valence-corrected chi connectivity index (χ3v) is 3.82. The van der Waals surface area contributed by atoms with E-state index in [0.717, 1.165) is 32.3 Å². The van der Waals surface area contributed by atoms with Gasteiger partial charge < -0.3 is 9.47 Å². The van der Waals surface area contributed by atoms with Gasteiger partial charge >= 0.3 is 5.97 Å². The van der Waals surface area contributed by atoms with E-state index in [1.54, 1.807) is 18.7 Å². The highest BCUT2D eigenvalue weighted by molar-refractivity contribution is 8.23. The van der Waals surface area contributed by atoms with Gasteiger partial charge in [0.1, 0.15) is 6.61 Å². The molecule has 1 rings (SSSR count). The molecule has 1 saturated heterocycles. The summed E-state index contributed by atoms with van der Waals surface area (Å²) in [6.45, 7) is 6.41. The van der Waals surface area contributed by atoms with Crippen molar-refractivity contribution in [2.75, 3.05) is 13.2 Å². The van der Waals surface area contributed by atoms with E-state index in [9.17, 15) is 4.79 Å². The molecule has 0 spiro atoms. The molecular weight excluding hydrogens is 256 g/mol. The fourth-order valence-corrected chi connectivity index (χ4v) is 2.75. The van der Waals surface area contributed by atoms with Crippen LogP contribution in [0.25, 0.3) is 0 Å². The van der Waals surface area contributed by atoms with Crippen LogP contribution in [-0.4, -0.2) is 28.8 Å². The minimum absolute atomic E-state index is 0.296. The first-order valence-corrected chi connectivity index (χ1v) is 7.04. The van der Waals surface area contributed by atoms with Gasteiger partial charge in [-0.2, -0.15) is 0 Å². The highest BCUT2D eigenvalue weighted by Gasteiger charge is 2.20. The zero-order chi connectivity index (χ0) is 12.7. The fraction of sp³-hybridized carbons (Fsp3) is 0.667. The molecule has 96 valence electrons. The van der Waals surface area contributed by atoms with Crippen molar-refractivity contribution in [2.45, 2.75) is 37.9 Å². The van der Waals surface area contributed by atoms with Gasteiger partial charge in [-0.05, 0) is 32.0 Å². The molecule has 5 heteroatoms. The maximum atomic E-state index is 11.1. The van der Waals surface area contributed by atoms with Crippen molar-refractivity contribution < 1.29 is 14.3 Å². The molecule has 1 fully saturated rings. The Morgan fingerprint density at radius 1 is 1.59 bits per heavy atom. The van der Waals surface area contributed by atoms with Crippen molar-refractivity contribution in [2.24, 2.45) is 0 Å². The molecule has 0 radical (unpaired) electrons.